The van der Waals surface area contributed by atoms with E-state index < -0.39 is 6.10 Å². The van der Waals surface area contributed by atoms with E-state index in [0.29, 0.717) is 37.5 Å². The van der Waals surface area contributed by atoms with Gasteiger partial charge in [-0.15, -0.1) is 0 Å². The largest absolute Gasteiger partial charge is 0.494 e. The number of ether oxygens (including phenoxy) is 3. The zero-order valence-corrected chi connectivity index (χ0v) is 20.2. The molecule has 0 bridgehead atoms. The Labute approximate surface area is 189 Å². The minimum atomic E-state index is -0.457. The van der Waals surface area contributed by atoms with E-state index in [9.17, 15) is 5.11 Å². The number of likely N-dealkylation sites (tertiary alicyclic amines) is 1. The Morgan fingerprint density at radius 2 is 1.90 bits per heavy atom. The lowest BCUT2D eigenvalue weighted by Gasteiger charge is -2.33. The predicted octanol–water partition coefficient (Wildman–Crippen LogP) is 3.70. The minimum Gasteiger partial charge on any atom is -0.494 e. The van der Waals surface area contributed by atoms with E-state index >= 15 is 0 Å². The van der Waals surface area contributed by atoms with Gasteiger partial charge in [-0.3, -0.25) is 0 Å². The third-order valence-corrected chi connectivity index (χ3v) is 6.74. The fourth-order valence-corrected chi connectivity index (χ4v) is 4.67. The number of β-amino-alcohol motifs (C(OH)–C–C–N with tert-alkyl or cyclic N) is 1. The summed E-state index contributed by atoms with van der Waals surface area (Å²) in [6.07, 6.45) is 11.2. The van der Waals surface area contributed by atoms with Gasteiger partial charge in [0, 0.05) is 39.1 Å². The van der Waals surface area contributed by atoms with E-state index in [2.05, 4.69) is 24.8 Å². The molecular formula is C25H46N2O4. The zero-order valence-electron chi connectivity index (χ0n) is 20.2. The summed E-state index contributed by atoms with van der Waals surface area (Å²) in [6, 6.07) is -0.184. The summed E-state index contributed by atoms with van der Waals surface area (Å²) in [7, 11) is 3.40. The zero-order chi connectivity index (χ0) is 22.6. The lowest BCUT2D eigenvalue weighted by atomic mass is 9.79. The Morgan fingerprint density at radius 3 is 2.55 bits per heavy atom. The van der Waals surface area contributed by atoms with Gasteiger partial charge in [-0.25, -0.2) is 0 Å². The van der Waals surface area contributed by atoms with Crippen molar-refractivity contribution in [3.05, 3.63) is 23.7 Å². The summed E-state index contributed by atoms with van der Waals surface area (Å²) < 4.78 is 16.6. The number of rotatable bonds is 14. The first-order valence-corrected chi connectivity index (χ1v) is 12.2. The average molecular weight is 439 g/mol. The highest BCUT2D eigenvalue weighted by Crippen LogP contribution is 2.33. The second kappa shape index (κ2) is 14.1. The van der Waals surface area contributed by atoms with Crippen molar-refractivity contribution in [3.8, 4) is 0 Å². The molecule has 180 valence electrons. The molecule has 0 spiro atoms. The van der Waals surface area contributed by atoms with Gasteiger partial charge in [-0.1, -0.05) is 26.3 Å². The molecule has 0 aromatic carbocycles. The molecule has 1 heterocycles. The number of nitrogens with zero attached hydrogens (tertiary/aromatic N) is 1. The number of allylic oxidation sites excluding steroid dienone is 3. The van der Waals surface area contributed by atoms with Gasteiger partial charge in [0.05, 0.1) is 19.8 Å². The van der Waals surface area contributed by atoms with Crippen LogP contribution >= 0.6 is 0 Å². The average Bonchev–Trinajstić information content (AvgIpc) is 2.77. The number of methoxy groups -OCH3 is 2. The maximum absolute atomic E-state index is 10.7. The van der Waals surface area contributed by atoms with Crippen molar-refractivity contribution >= 4 is 0 Å². The monoisotopic (exact) mass is 438 g/mol. The van der Waals surface area contributed by atoms with E-state index in [4.69, 9.17) is 19.9 Å². The van der Waals surface area contributed by atoms with E-state index in [1.54, 1.807) is 14.2 Å². The first-order chi connectivity index (χ1) is 14.9. The molecule has 3 N–H and O–H groups in total. The molecule has 6 nitrogen and oxygen atoms in total. The molecule has 2 aliphatic rings. The molecule has 1 fully saturated rings. The van der Waals surface area contributed by atoms with E-state index in [0.717, 1.165) is 50.3 Å². The maximum Gasteiger partial charge on any atom is 0.156 e. The van der Waals surface area contributed by atoms with Gasteiger partial charge in [0.1, 0.15) is 5.76 Å². The molecular weight excluding hydrogens is 392 g/mol. The van der Waals surface area contributed by atoms with Gasteiger partial charge in [0.2, 0.25) is 0 Å². The summed E-state index contributed by atoms with van der Waals surface area (Å²) in [5, 5.41) is 10.7. The van der Waals surface area contributed by atoms with Crippen molar-refractivity contribution in [2.45, 2.75) is 70.9 Å². The van der Waals surface area contributed by atoms with Crippen LogP contribution in [0.25, 0.3) is 0 Å². The van der Waals surface area contributed by atoms with Crippen LogP contribution in [0, 0.1) is 17.8 Å². The molecule has 1 aliphatic heterocycles. The van der Waals surface area contributed by atoms with E-state index in [-0.39, 0.29) is 6.04 Å². The number of hydrogen-bond acceptors (Lipinski definition) is 6. The van der Waals surface area contributed by atoms with Gasteiger partial charge < -0.3 is 30.0 Å². The first kappa shape index (κ1) is 26.2. The van der Waals surface area contributed by atoms with Gasteiger partial charge in [-0.05, 0) is 62.6 Å². The number of aliphatic hydroxyl groups excluding tert-OH is 1. The Kier molecular flexibility index (Phi) is 11.9. The summed E-state index contributed by atoms with van der Waals surface area (Å²) in [6.45, 7) is 8.74. The number of aliphatic hydroxyl groups is 1. The standard InChI is InChI=1S/C25H46N2O4/c1-19(2)21(17-22(26)23(28)18-27-11-6-5-7-12-27)15-20-9-10-24(30-4)25(16-20)31-14-8-13-29-3/h9-10,19-23,28H,5-8,11-18,26H2,1-4H3/t20?,21-,22-,23-/m0/s1. The molecule has 0 saturated carbocycles. The van der Waals surface area contributed by atoms with Crippen LogP contribution in [0.5, 0.6) is 0 Å². The molecule has 31 heavy (non-hydrogen) atoms. The first-order valence-electron chi connectivity index (χ1n) is 12.2. The highest BCUT2D eigenvalue weighted by Gasteiger charge is 2.28. The summed E-state index contributed by atoms with van der Waals surface area (Å²) in [5.41, 5.74) is 6.48. The van der Waals surface area contributed by atoms with Crippen LogP contribution < -0.4 is 5.73 Å². The van der Waals surface area contributed by atoms with Gasteiger partial charge in [0.15, 0.2) is 5.76 Å². The molecule has 1 aliphatic carbocycles. The molecule has 0 aromatic heterocycles. The second-order valence-corrected chi connectivity index (χ2v) is 9.58. The third kappa shape index (κ3) is 9.13. The van der Waals surface area contributed by atoms with Crippen molar-refractivity contribution in [2.75, 3.05) is 47.1 Å². The fourth-order valence-electron chi connectivity index (χ4n) is 4.67. The van der Waals surface area contributed by atoms with Crippen molar-refractivity contribution in [1.29, 1.82) is 0 Å². The molecule has 4 atom stereocenters. The lowest BCUT2D eigenvalue weighted by Crippen LogP contribution is -2.46. The van der Waals surface area contributed by atoms with Crippen molar-refractivity contribution in [1.82, 2.24) is 4.90 Å². The molecule has 0 aromatic rings. The van der Waals surface area contributed by atoms with Crippen molar-refractivity contribution in [3.63, 3.8) is 0 Å². The Bertz CT molecular complexity index is 558. The van der Waals surface area contributed by atoms with Crippen LogP contribution in [0.15, 0.2) is 23.7 Å². The predicted molar refractivity (Wildman–Crippen MR) is 126 cm³/mol. The summed E-state index contributed by atoms with van der Waals surface area (Å²) in [4.78, 5) is 2.37. The van der Waals surface area contributed by atoms with Crippen LogP contribution in [-0.2, 0) is 14.2 Å². The van der Waals surface area contributed by atoms with Crippen LogP contribution in [0.4, 0.5) is 0 Å². The Hall–Kier alpha value is -1.08. The highest BCUT2D eigenvalue weighted by molar-refractivity contribution is 5.23. The SMILES string of the molecule is COCCCOC1=C(OC)C=CC(C[C@@H](C[C@H](N)[C@@H](O)CN2CCCCC2)C(C)C)C1. The molecule has 0 radical (unpaired) electrons. The third-order valence-electron chi connectivity index (χ3n) is 6.74. The van der Waals surface area contributed by atoms with E-state index in [1.165, 1.54) is 19.3 Å². The molecule has 2 rings (SSSR count). The Balaban J connectivity index is 1.87. The topological polar surface area (TPSA) is 77.2 Å². The molecule has 0 amide bonds. The normalized spacial score (nSPS) is 23.1. The molecule has 6 heteroatoms. The quantitative estimate of drug-likeness (QED) is 0.403. The Morgan fingerprint density at radius 1 is 1.16 bits per heavy atom. The molecule has 1 unspecified atom stereocenters. The van der Waals surface area contributed by atoms with Crippen LogP contribution in [0.3, 0.4) is 0 Å². The smallest absolute Gasteiger partial charge is 0.156 e. The van der Waals surface area contributed by atoms with Gasteiger partial charge >= 0.3 is 0 Å². The minimum absolute atomic E-state index is 0.184. The number of piperidine rings is 1. The number of nitrogens with two attached hydrogens (primary N) is 1. The summed E-state index contributed by atoms with van der Waals surface area (Å²) in [5.74, 6) is 3.13. The van der Waals surface area contributed by atoms with Gasteiger partial charge in [-0.2, -0.15) is 0 Å². The summed E-state index contributed by atoms with van der Waals surface area (Å²) >= 11 is 0. The lowest BCUT2D eigenvalue weighted by molar-refractivity contribution is 0.0701. The van der Waals surface area contributed by atoms with Crippen LogP contribution in [-0.4, -0.2) is 69.2 Å². The van der Waals surface area contributed by atoms with Crippen molar-refractivity contribution < 1.29 is 19.3 Å². The second-order valence-electron chi connectivity index (χ2n) is 9.58. The van der Waals surface area contributed by atoms with E-state index in [1.807, 2.05) is 6.08 Å². The van der Waals surface area contributed by atoms with Crippen LogP contribution in [0.2, 0.25) is 0 Å². The van der Waals surface area contributed by atoms with Crippen LogP contribution in [0.1, 0.15) is 58.8 Å². The maximum atomic E-state index is 10.7. The number of hydrogen-bond donors (Lipinski definition) is 2. The fraction of sp³-hybridized carbons (Fsp3) is 0.840. The molecule has 1 saturated heterocycles. The van der Waals surface area contributed by atoms with Gasteiger partial charge in [0.25, 0.3) is 0 Å². The van der Waals surface area contributed by atoms with Crippen molar-refractivity contribution in [2.24, 2.45) is 23.5 Å². The highest BCUT2D eigenvalue weighted by atomic mass is 16.5.